The Hall–Kier alpha value is -1.22. The Kier molecular flexibility index (Phi) is 2.94. The van der Waals surface area contributed by atoms with Crippen molar-refractivity contribution in [2.45, 2.75) is 13.2 Å². The molecule has 1 unspecified atom stereocenters. The molecule has 0 aromatic heterocycles. The van der Waals surface area contributed by atoms with Crippen molar-refractivity contribution >= 4 is 0 Å². The summed E-state index contributed by atoms with van der Waals surface area (Å²) in [5.74, 6) is 1.09. The van der Waals surface area contributed by atoms with Crippen LogP contribution in [0.25, 0.3) is 0 Å². The van der Waals surface area contributed by atoms with Gasteiger partial charge in [0.05, 0.1) is 0 Å². The van der Waals surface area contributed by atoms with Crippen LogP contribution in [-0.2, 0) is 9.47 Å². The monoisotopic (exact) mass is 168 g/mol. The van der Waals surface area contributed by atoms with Gasteiger partial charge in [0.2, 0.25) is 6.29 Å². The van der Waals surface area contributed by atoms with Crippen molar-refractivity contribution in [1.82, 2.24) is 0 Å². The summed E-state index contributed by atoms with van der Waals surface area (Å²) in [7, 11) is 0. The first-order chi connectivity index (χ1) is 5.77. The van der Waals surface area contributed by atoms with Crippen LogP contribution in [0.2, 0.25) is 0 Å². The first-order valence-corrected chi connectivity index (χ1v) is 3.75. The molecule has 1 heterocycles. The zero-order valence-electron chi connectivity index (χ0n) is 6.99. The van der Waals surface area contributed by atoms with E-state index in [0.29, 0.717) is 11.5 Å². The van der Waals surface area contributed by atoms with E-state index < -0.39 is 6.29 Å². The van der Waals surface area contributed by atoms with Crippen molar-refractivity contribution in [3.05, 3.63) is 36.3 Å². The van der Waals surface area contributed by atoms with Gasteiger partial charge >= 0.3 is 0 Å². The van der Waals surface area contributed by atoms with Crippen LogP contribution in [0.15, 0.2) is 36.3 Å². The number of aliphatic hydroxyl groups excluding tert-OH is 1. The van der Waals surface area contributed by atoms with Crippen molar-refractivity contribution in [2.24, 2.45) is 0 Å². The maximum absolute atomic E-state index is 9.07. The number of hydrogen-bond acceptors (Lipinski definition) is 3. The Morgan fingerprint density at radius 1 is 1.58 bits per heavy atom. The lowest BCUT2D eigenvalue weighted by molar-refractivity contribution is -0.121. The van der Waals surface area contributed by atoms with Crippen LogP contribution in [0.3, 0.4) is 0 Å². The summed E-state index contributed by atoms with van der Waals surface area (Å²) in [5.41, 5.74) is 0. The Morgan fingerprint density at radius 2 is 2.33 bits per heavy atom. The minimum atomic E-state index is -0.875. The highest BCUT2D eigenvalue weighted by Crippen LogP contribution is 2.18. The van der Waals surface area contributed by atoms with Crippen LogP contribution in [0.1, 0.15) is 6.92 Å². The van der Waals surface area contributed by atoms with Gasteiger partial charge in [-0.25, -0.2) is 0 Å². The SMILES string of the molecule is C=CC1=C(/C=C\C)OC(O)CO1. The quantitative estimate of drug-likeness (QED) is 0.676. The molecule has 1 atom stereocenters. The Balaban J connectivity index is 2.84. The second-order valence-corrected chi connectivity index (χ2v) is 2.32. The highest BCUT2D eigenvalue weighted by molar-refractivity contribution is 5.24. The predicted octanol–water partition coefficient (Wildman–Crippen LogP) is 1.33. The zero-order chi connectivity index (χ0) is 8.97. The molecule has 12 heavy (non-hydrogen) atoms. The summed E-state index contributed by atoms with van der Waals surface area (Å²) in [6.07, 6.45) is 4.21. The number of rotatable bonds is 2. The van der Waals surface area contributed by atoms with Gasteiger partial charge in [0, 0.05) is 0 Å². The van der Waals surface area contributed by atoms with E-state index in [4.69, 9.17) is 14.6 Å². The van der Waals surface area contributed by atoms with E-state index >= 15 is 0 Å². The average molecular weight is 168 g/mol. The highest BCUT2D eigenvalue weighted by Gasteiger charge is 2.17. The van der Waals surface area contributed by atoms with Gasteiger partial charge in [-0.2, -0.15) is 0 Å². The lowest BCUT2D eigenvalue weighted by atomic mass is 10.3. The third-order valence-electron chi connectivity index (χ3n) is 1.39. The third kappa shape index (κ3) is 1.89. The van der Waals surface area contributed by atoms with Gasteiger partial charge in [-0.1, -0.05) is 12.7 Å². The van der Waals surface area contributed by atoms with Crippen LogP contribution in [0.4, 0.5) is 0 Å². The first-order valence-electron chi connectivity index (χ1n) is 3.75. The minimum absolute atomic E-state index is 0.155. The minimum Gasteiger partial charge on any atom is -0.483 e. The lowest BCUT2D eigenvalue weighted by Gasteiger charge is -2.22. The summed E-state index contributed by atoms with van der Waals surface area (Å²) < 4.78 is 10.2. The molecule has 1 rings (SSSR count). The molecule has 0 aromatic carbocycles. The van der Waals surface area contributed by atoms with Gasteiger partial charge in [0.1, 0.15) is 0 Å². The summed E-state index contributed by atoms with van der Waals surface area (Å²) >= 11 is 0. The molecule has 3 nitrogen and oxygen atoms in total. The van der Waals surface area contributed by atoms with Crippen LogP contribution in [0.5, 0.6) is 0 Å². The van der Waals surface area contributed by atoms with Gasteiger partial charge in [0.25, 0.3) is 0 Å². The number of ether oxygens (including phenoxy) is 2. The van der Waals surface area contributed by atoms with Gasteiger partial charge in [-0.15, -0.1) is 0 Å². The molecule has 1 aliphatic heterocycles. The summed E-state index contributed by atoms with van der Waals surface area (Å²) in [4.78, 5) is 0. The fraction of sp³-hybridized carbons (Fsp3) is 0.333. The molecule has 0 aliphatic carbocycles. The molecule has 1 N–H and O–H groups in total. The van der Waals surface area contributed by atoms with E-state index in [1.54, 1.807) is 18.2 Å². The number of aliphatic hydroxyl groups is 1. The van der Waals surface area contributed by atoms with Crippen LogP contribution >= 0.6 is 0 Å². The molecule has 0 saturated heterocycles. The molecule has 0 fully saturated rings. The second-order valence-electron chi connectivity index (χ2n) is 2.32. The molecule has 0 aromatic rings. The summed E-state index contributed by atoms with van der Waals surface area (Å²) in [6, 6.07) is 0. The van der Waals surface area contributed by atoms with Crippen LogP contribution in [-0.4, -0.2) is 18.0 Å². The van der Waals surface area contributed by atoms with Crippen molar-refractivity contribution in [2.75, 3.05) is 6.61 Å². The van der Waals surface area contributed by atoms with Gasteiger partial charge in [-0.3, -0.25) is 0 Å². The van der Waals surface area contributed by atoms with Crippen molar-refractivity contribution in [1.29, 1.82) is 0 Å². The normalized spacial score (nSPS) is 23.7. The van der Waals surface area contributed by atoms with E-state index in [-0.39, 0.29) is 6.61 Å². The molecular weight excluding hydrogens is 156 g/mol. The molecule has 0 spiro atoms. The first kappa shape index (κ1) is 8.87. The highest BCUT2D eigenvalue weighted by atomic mass is 16.7. The zero-order valence-corrected chi connectivity index (χ0v) is 6.99. The van der Waals surface area contributed by atoms with E-state index in [1.807, 2.05) is 6.92 Å². The van der Waals surface area contributed by atoms with Crippen molar-refractivity contribution in [3.63, 3.8) is 0 Å². The average Bonchev–Trinajstić information content (AvgIpc) is 2.05. The van der Waals surface area contributed by atoms with Crippen molar-refractivity contribution in [3.8, 4) is 0 Å². The molecule has 66 valence electrons. The van der Waals surface area contributed by atoms with Gasteiger partial charge < -0.3 is 14.6 Å². The molecule has 0 radical (unpaired) electrons. The third-order valence-corrected chi connectivity index (χ3v) is 1.39. The maximum Gasteiger partial charge on any atom is 0.232 e. The molecule has 1 aliphatic rings. The maximum atomic E-state index is 9.07. The van der Waals surface area contributed by atoms with E-state index in [1.165, 1.54) is 0 Å². The predicted molar refractivity (Wildman–Crippen MR) is 45.1 cm³/mol. The Labute approximate surface area is 71.6 Å². The van der Waals surface area contributed by atoms with Gasteiger partial charge in [-0.05, 0) is 19.1 Å². The van der Waals surface area contributed by atoms with Crippen molar-refractivity contribution < 1.29 is 14.6 Å². The standard InChI is InChI=1S/C9H12O3/c1-3-5-8-7(4-2)11-6-9(10)12-8/h3-5,9-10H,2,6H2,1H3/b5-3-. The fourth-order valence-corrected chi connectivity index (χ4v) is 0.903. The number of allylic oxidation sites excluding steroid dienone is 3. The Morgan fingerprint density at radius 3 is 2.92 bits per heavy atom. The largest absolute Gasteiger partial charge is 0.483 e. The molecule has 3 heteroatoms. The van der Waals surface area contributed by atoms with Crippen LogP contribution in [0, 0.1) is 0 Å². The van der Waals surface area contributed by atoms with Crippen LogP contribution < -0.4 is 0 Å². The summed E-state index contributed by atoms with van der Waals surface area (Å²) in [5, 5.41) is 9.07. The topological polar surface area (TPSA) is 38.7 Å². The fourth-order valence-electron chi connectivity index (χ4n) is 0.903. The van der Waals surface area contributed by atoms with Gasteiger partial charge in [0.15, 0.2) is 18.1 Å². The second kappa shape index (κ2) is 3.97. The van der Waals surface area contributed by atoms with E-state index in [9.17, 15) is 0 Å². The molecule has 0 amide bonds. The lowest BCUT2D eigenvalue weighted by Crippen LogP contribution is -2.23. The molecule has 0 bridgehead atoms. The smallest absolute Gasteiger partial charge is 0.232 e. The molecular formula is C9H12O3. The molecule has 0 saturated carbocycles. The Bertz CT molecular complexity index is 228. The van der Waals surface area contributed by atoms with E-state index in [0.717, 1.165) is 0 Å². The summed E-state index contributed by atoms with van der Waals surface area (Å²) in [6.45, 7) is 5.58. The van der Waals surface area contributed by atoms with E-state index in [2.05, 4.69) is 6.58 Å². The number of hydrogen-bond donors (Lipinski definition) is 1.